The first kappa shape index (κ1) is 18.0. The summed E-state index contributed by atoms with van der Waals surface area (Å²) in [5.74, 6) is -0.276. The predicted octanol–water partition coefficient (Wildman–Crippen LogP) is 2.87. The van der Waals surface area contributed by atoms with Crippen LogP contribution in [0.15, 0.2) is 29.6 Å². The molecule has 1 N–H and O–H groups in total. The Hall–Kier alpha value is -1.77. The quantitative estimate of drug-likeness (QED) is 0.886. The van der Waals surface area contributed by atoms with Crippen LogP contribution in [0.3, 0.4) is 0 Å². The molecule has 2 heterocycles. The monoisotopic (exact) mass is 379 g/mol. The minimum atomic E-state index is -3.39. The molecular formula is C17H21N3O3S2. The van der Waals surface area contributed by atoms with E-state index in [-0.39, 0.29) is 5.91 Å². The minimum Gasteiger partial charge on any atom is -0.325 e. The third kappa shape index (κ3) is 4.26. The average molecular weight is 380 g/mol. The fourth-order valence-corrected chi connectivity index (χ4v) is 4.76. The normalized spacial score (nSPS) is 18.9. The number of thiazole rings is 1. The first-order valence-electron chi connectivity index (χ1n) is 8.15. The molecular weight excluding hydrogens is 358 g/mol. The summed E-state index contributed by atoms with van der Waals surface area (Å²) in [6.45, 7) is 2.36. The highest BCUT2D eigenvalue weighted by atomic mass is 32.2. The van der Waals surface area contributed by atoms with E-state index in [1.54, 1.807) is 11.3 Å². The van der Waals surface area contributed by atoms with Gasteiger partial charge in [0.25, 0.3) is 0 Å². The number of hydrogen-bond donors (Lipinski definition) is 1. The molecule has 1 aliphatic rings. The molecule has 134 valence electrons. The summed E-state index contributed by atoms with van der Waals surface area (Å²) in [7, 11) is -3.39. The summed E-state index contributed by atoms with van der Waals surface area (Å²) < 4.78 is 25.1. The van der Waals surface area contributed by atoms with Gasteiger partial charge >= 0.3 is 0 Å². The number of carbonyl (C=O) groups excluding carboxylic acids is 1. The number of aromatic nitrogens is 1. The van der Waals surface area contributed by atoms with Gasteiger partial charge in [-0.25, -0.2) is 13.4 Å². The van der Waals surface area contributed by atoms with Gasteiger partial charge in [-0.05, 0) is 31.9 Å². The molecule has 25 heavy (non-hydrogen) atoms. The van der Waals surface area contributed by atoms with Gasteiger partial charge in [-0.15, -0.1) is 11.3 Å². The number of rotatable bonds is 4. The predicted molar refractivity (Wildman–Crippen MR) is 100 cm³/mol. The molecule has 0 spiro atoms. The molecule has 0 aliphatic carbocycles. The number of hydrogen-bond acceptors (Lipinski definition) is 5. The molecule has 0 radical (unpaired) electrons. The highest BCUT2D eigenvalue weighted by Gasteiger charge is 2.34. The van der Waals surface area contributed by atoms with Gasteiger partial charge in [-0.3, -0.25) is 4.79 Å². The Morgan fingerprint density at radius 3 is 2.60 bits per heavy atom. The Morgan fingerprint density at radius 2 is 2.00 bits per heavy atom. The zero-order valence-corrected chi connectivity index (χ0v) is 15.9. The summed E-state index contributed by atoms with van der Waals surface area (Å²) >= 11 is 1.59. The lowest BCUT2D eigenvalue weighted by molar-refractivity contribution is -0.120. The van der Waals surface area contributed by atoms with Gasteiger partial charge in [0.1, 0.15) is 6.04 Å². The number of piperidine rings is 1. The van der Waals surface area contributed by atoms with E-state index >= 15 is 0 Å². The summed E-state index contributed by atoms with van der Waals surface area (Å²) in [5, 5.41) is 5.83. The van der Waals surface area contributed by atoms with E-state index in [1.807, 2.05) is 36.6 Å². The van der Waals surface area contributed by atoms with Crippen molar-refractivity contribution in [1.29, 1.82) is 0 Å². The van der Waals surface area contributed by atoms with Crippen LogP contribution in [0.1, 0.15) is 24.3 Å². The van der Waals surface area contributed by atoms with Crippen LogP contribution in [-0.4, -0.2) is 42.5 Å². The van der Waals surface area contributed by atoms with Crippen molar-refractivity contribution in [3.8, 4) is 11.3 Å². The van der Waals surface area contributed by atoms with Crippen LogP contribution >= 0.6 is 11.3 Å². The Morgan fingerprint density at radius 1 is 1.28 bits per heavy atom. The van der Waals surface area contributed by atoms with Crippen LogP contribution in [0.25, 0.3) is 11.3 Å². The molecule has 6 nitrogen and oxygen atoms in total. The molecule has 1 atom stereocenters. The van der Waals surface area contributed by atoms with Crippen LogP contribution in [0.4, 0.5) is 5.69 Å². The lowest BCUT2D eigenvalue weighted by Gasteiger charge is -2.32. The summed E-state index contributed by atoms with van der Waals surface area (Å²) in [6.07, 6.45) is 3.35. The Kier molecular flexibility index (Phi) is 5.21. The SMILES string of the molecule is Cc1nc(-c2ccc(NC(=O)C3CCCCN3S(C)(=O)=O)cc2)cs1. The van der Waals surface area contributed by atoms with Crippen molar-refractivity contribution in [3.05, 3.63) is 34.7 Å². The van der Waals surface area contributed by atoms with Crippen LogP contribution in [0.5, 0.6) is 0 Å². The molecule has 1 fully saturated rings. The Bertz CT molecular complexity index is 860. The largest absolute Gasteiger partial charge is 0.325 e. The number of carbonyl (C=O) groups is 1. The second-order valence-electron chi connectivity index (χ2n) is 6.20. The van der Waals surface area contributed by atoms with E-state index in [2.05, 4.69) is 10.3 Å². The Labute approximate surface area is 151 Å². The smallest absolute Gasteiger partial charge is 0.242 e. The van der Waals surface area contributed by atoms with E-state index in [4.69, 9.17) is 0 Å². The summed E-state index contributed by atoms with van der Waals surface area (Å²) in [5.41, 5.74) is 2.55. The van der Waals surface area contributed by atoms with Gasteiger partial charge in [0.15, 0.2) is 0 Å². The molecule has 0 bridgehead atoms. The van der Waals surface area contributed by atoms with Crippen molar-refractivity contribution in [2.24, 2.45) is 0 Å². The van der Waals surface area contributed by atoms with Gasteiger partial charge in [0.05, 0.1) is 17.0 Å². The third-order valence-electron chi connectivity index (χ3n) is 4.25. The number of aryl methyl sites for hydroxylation is 1. The van der Waals surface area contributed by atoms with Gasteiger partial charge < -0.3 is 5.32 Å². The van der Waals surface area contributed by atoms with Gasteiger partial charge in [0, 0.05) is 23.2 Å². The van der Waals surface area contributed by atoms with Crippen molar-refractivity contribution in [3.63, 3.8) is 0 Å². The maximum Gasteiger partial charge on any atom is 0.242 e. The zero-order chi connectivity index (χ0) is 18.0. The first-order chi connectivity index (χ1) is 11.8. The number of benzene rings is 1. The standard InChI is InChI=1S/C17H21N3O3S2/c1-12-18-15(11-24-12)13-6-8-14(9-7-13)19-17(21)16-5-3-4-10-20(16)25(2,22)23/h6-9,11,16H,3-5,10H2,1-2H3,(H,19,21). The fraction of sp³-hybridized carbons (Fsp3) is 0.412. The fourth-order valence-electron chi connectivity index (χ4n) is 3.01. The van der Waals surface area contributed by atoms with Crippen molar-refractivity contribution < 1.29 is 13.2 Å². The molecule has 1 saturated heterocycles. The van der Waals surface area contributed by atoms with Crippen molar-refractivity contribution >= 4 is 33.0 Å². The highest BCUT2D eigenvalue weighted by molar-refractivity contribution is 7.88. The van der Waals surface area contributed by atoms with Crippen LogP contribution in [0.2, 0.25) is 0 Å². The highest BCUT2D eigenvalue weighted by Crippen LogP contribution is 2.24. The molecule has 1 aliphatic heterocycles. The van der Waals surface area contributed by atoms with Crippen LogP contribution in [-0.2, 0) is 14.8 Å². The molecule has 0 saturated carbocycles. The van der Waals surface area contributed by atoms with Crippen molar-refractivity contribution in [2.75, 3.05) is 18.1 Å². The number of nitrogens with zero attached hydrogens (tertiary/aromatic N) is 2. The maximum absolute atomic E-state index is 12.6. The topological polar surface area (TPSA) is 79.4 Å². The number of sulfonamides is 1. The minimum absolute atomic E-state index is 0.276. The van der Waals surface area contributed by atoms with Gasteiger partial charge in [-0.2, -0.15) is 4.31 Å². The average Bonchev–Trinajstić information content (AvgIpc) is 3.01. The maximum atomic E-state index is 12.6. The molecule has 2 aromatic rings. The first-order valence-corrected chi connectivity index (χ1v) is 10.9. The van der Waals surface area contributed by atoms with Gasteiger partial charge in [0.2, 0.25) is 15.9 Å². The number of nitrogens with one attached hydrogen (secondary N) is 1. The van der Waals surface area contributed by atoms with E-state index in [0.717, 1.165) is 35.4 Å². The molecule has 1 amide bonds. The summed E-state index contributed by atoms with van der Waals surface area (Å²) in [4.78, 5) is 17.0. The van der Waals surface area contributed by atoms with Gasteiger partial charge in [-0.1, -0.05) is 18.6 Å². The van der Waals surface area contributed by atoms with E-state index < -0.39 is 16.1 Å². The third-order valence-corrected chi connectivity index (χ3v) is 6.31. The van der Waals surface area contributed by atoms with Crippen molar-refractivity contribution in [1.82, 2.24) is 9.29 Å². The van der Waals surface area contributed by atoms with Crippen LogP contribution in [0, 0.1) is 6.92 Å². The second-order valence-corrected chi connectivity index (χ2v) is 9.20. The zero-order valence-electron chi connectivity index (χ0n) is 14.2. The summed E-state index contributed by atoms with van der Waals surface area (Å²) in [6, 6.07) is 6.80. The molecule has 1 unspecified atom stereocenters. The lowest BCUT2D eigenvalue weighted by atomic mass is 10.0. The van der Waals surface area contributed by atoms with Crippen molar-refractivity contribution in [2.45, 2.75) is 32.2 Å². The van der Waals surface area contributed by atoms with E-state index in [0.29, 0.717) is 18.7 Å². The molecule has 1 aromatic heterocycles. The Balaban J connectivity index is 1.72. The number of amides is 1. The molecule has 8 heteroatoms. The number of anilines is 1. The van der Waals surface area contributed by atoms with E-state index in [9.17, 15) is 13.2 Å². The molecule has 1 aromatic carbocycles. The lowest BCUT2D eigenvalue weighted by Crippen LogP contribution is -2.49. The van der Waals surface area contributed by atoms with Crippen LogP contribution < -0.4 is 5.32 Å². The second kappa shape index (κ2) is 7.23. The molecule has 3 rings (SSSR count). The van der Waals surface area contributed by atoms with E-state index in [1.165, 1.54) is 4.31 Å².